The maximum absolute atomic E-state index is 12.6. The molecule has 0 bridgehead atoms. The van der Waals surface area contributed by atoms with Crippen LogP contribution in [-0.4, -0.2) is 39.7 Å². The number of amides is 1. The minimum absolute atomic E-state index is 0.0160. The number of aromatic nitrogens is 3. The zero-order chi connectivity index (χ0) is 16.9. The molecule has 1 heterocycles. The molecule has 1 amide bonds. The fourth-order valence-electron chi connectivity index (χ4n) is 2.24. The molecule has 0 N–H and O–H groups in total. The summed E-state index contributed by atoms with van der Waals surface area (Å²) in [5.74, 6) is 0.0160. The van der Waals surface area contributed by atoms with Gasteiger partial charge in [0.25, 0.3) is 0 Å². The van der Waals surface area contributed by atoms with E-state index in [0.29, 0.717) is 5.16 Å². The first kappa shape index (κ1) is 16.3. The van der Waals surface area contributed by atoms with Crippen molar-refractivity contribution in [2.24, 2.45) is 0 Å². The Bertz CT molecular complexity index is 802. The zero-order valence-electron chi connectivity index (χ0n) is 13.5. The predicted octanol–water partition coefficient (Wildman–Crippen LogP) is 3.19. The third-order valence-corrected chi connectivity index (χ3v) is 4.59. The van der Waals surface area contributed by atoms with Crippen molar-refractivity contribution in [1.29, 1.82) is 0 Å². The van der Waals surface area contributed by atoms with Crippen LogP contribution in [0.5, 0.6) is 0 Å². The monoisotopic (exact) mass is 338 g/mol. The van der Waals surface area contributed by atoms with Crippen molar-refractivity contribution in [3.8, 4) is 5.69 Å². The molecule has 6 heteroatoms. The first-order valence-electron chi connectivity index (χ1n) is 7.55. The normalized spacial score (nSPS) is 11.9. The summed E-state index contributed by atoms with van der Waals surface area (Å²) in [5, 5.41) is 4.69. The largest absolute Gasteiger partial charge is 0.348 e. The number of carbonyl (C=O) groups excluding carboxylic acids is 1. The Morgan fingerprint density at radius 3 is 2.29 bits per heavy atom. The number of para-hydroxylation sites is 1. The molecular formula is C18H18N4OS. The summed E-state index contributed by atoms with van der Waals surface area (Å²) in [7, 11) is 3.52. The highest BCUT2D eigenvalue weighted by Gasteiger charge is 2.25. The minimum atomic E-state index is -0.368. The number of benzene rings is 2. The van der Waals surface area contributed by atoms with Gasteiger partial charge in [0.1, 0.15) is 11.6 Å². The molecule has 0 saturated heterocycles. The minimum Gasteiger partial charge on any atom is -0.348 e. The van der Waals surface area contributed by atoms with Gasteiger partial charge in [0, 0.05) is 14.1 Å². The Balaban J connectivity index is 1.86. The Kier molecular flexibility index (Phi) is 4.96. The predicted molar refractivity (Wildman–Crippen MR) is 95.1 cm³/mol. The quantitative estimate of drug-likeness (QED) is 0.671. The van der Waals surface area contributed by atoms with E-state index < -0.39 is 0 Å². The van der Waals surface area contributed by atoms with E-state index in [9.17, 15) is 4.79 Å². The molecule has 0 aliphatic carbocycles. The second-order valence-corrected chi connectivity index (χ2v) is 6.52. The topological polar surface area (TPSA) is 51.0 Å². The van der Waals surface area contributed by atoms with Gasteiger partial charge in [-0.05, 0) is 17.7 Å². The first-order chi connectivity index (χ1) is 11.6. The van der Waals surface area contributed by atoms with Crippen LogP contribution in [0.1, 0.15) is 10.8 Å². The summed E-state index contributed by atoms with van der Waals surface area (Å²) in [6.45, 7) is 0. The average molecular weight is 338 g/mol. The average Bonchev–Trinajstić information content (AvgIpc) is 3.09. The second kappa shape index (κ2) is 7.31. The van der Waals surface area contributed by atoms with Crippen LogP contribution in [0.3, 0.4) is 0 Å². The van der Waals surface area contributed by atoms with Gasteiger partial charge in [-0.3, -0.25) is 4.79 Å². The molecule has 0 fully saturated rings. The third-order valence-electron chi connectivity index (χ3n) is 3.48. The van der Waals surface area contributed by atoms with Gasteiger partial charge >= 0.3 is 0 Å². The molecule has 3 rings (SSSR count). The fraction of sp³-hybridized carbons (Fsp3) is 0.167. The van der Waals surface area contributed by atoms with Crippen molar-refractivity contribution in [3.63, 3.8) is 0 Å². The van der Waals surface area contributed by atoms with Gasteiger partial charge in [-0.2, -0.15) is 0 Å². The van der Waals surface area contributed by atoms with Crippen LogP contribution in [-0.2, 0) is 4.79 Å². The summed E-state index contributed by atoms with van der Waals surface area (Å²) in [5.41, 5.74) is 1.88. The maximum atomic E-state index is 12.6. The maximum Gasteiger partial charge on any atom is 0.240 e. The van der Waals surface area contributed by atoms with E-state index in [2.05, 4.69) is 10.1 Å². The highest BCUT2D eigenvalue weighted by Crippen LogP contribution is 2.34. The lowest BCUT2D eigenvalue weighted by Gasteiger charge is -2.19. The number of thioether (sulfide) groups is 1. The van der Waals surface area contributed by atoms with Crippen LogP contribution in [0.2, 0.25) is 0 Å². The first-order valence-corrected chi connectivity index (χ1v) is 8.43. The highest BCUT2D eigenvalue weighted by atomic mass is 32.2. The van der Waals surface area contributed by atoms with E-state index in [1.807, 2.05) is 60.7 Å². The van der Waals surface area contributed by atoms with Gasteiger partial charge in [-0.15, -0.1) is 5.10 Å². The number of hydrogen-bond acceptors (Lipinski definition) is 4. The Labute approximate surface area is 145 Å². The molecule has 0 aliphatic heterocycles. The summed E-state index contributed by atoms with van der Waals surface area (Å²) in [6.07, 6.45) is 1.67. The van der Waals surface area contributed by atoms with Crippen LogP contribution < -0.4 is 0 Å². The van der Waals surface area contributed by atoms with E-state index in [1.165, 1.54) is 11.8 Å². The molecule has 0 saturated carbocycles. The molecule has 2 aromatic carbocycles. The molecule has 0 spiro atoms. The number of carbonyl (C=O) groups is 1. The molecular weight excluding hydrogens is 320 g/mol. The molecule has 1 unspecified atom stereocenters. The molecule has 122 valence electrons. The second-order valence-electron chi connectivity index (χ2n) is 5.45. The third kappa shape index (κ3) is 3.65. The summed E-state index contributed by atoms with van der Waals surface area (Å²) >= 11 is 1.36. The van der Waals surface area contributed by atoms with Crippen LogP contribution in [0.25, 0.3) is 5.69 Å². The van der Waals surface area contributed by atoms with Crippen molar-refractivity contribution < 1.29 is 4.79 Å². The lowest BCUT2D eigenvalue weighted by Crippen LogP contribution is -2.26. The summed E-state index contributed by atoms with van der Waals surface area (Å²) < 4.78 is 1.71. The Morgan fingerprint density at radius 1 is 1.04 bits per heavy atom. The van der Waals surface area contributed by atoms with Crippen LogP contribution in [0.15, 0.2) is 72.1 Å². The van der Waals surface area contributed by atoms with Gasteiger partial charge in [0.2, 0.25) is 11.1 Å². The van der Waals surface area contributed by atoms with E-state index in [-0.39, 0.29) is 11.2 Å². The number of hydrogen-bond donors (Lipinski definition) is 0. The van der Waals surface area contributed by atoms with E-state index in [0.717, 1.165) is 11.3 Å². The van der Waals surface area contributed by atoms with E-state index in [4.69, 9.17) is 0 Å². The van der Waals surface area contributed by atoms with E-state index in [1.54, 1.807) is 30.0 Å². The molecule has 1 aromatic heterocycles. The molecule has 5 nitrogen and oxygen atoms in total. The van der Waals surface area contributed by atoms with Gasteiger partial charge in [-0.1, -0.05) is 60.3 Å². The molecule has 24 heavy (non-hydrogen) atoms. The van der Waals surface area contributed by atoms with Crippen molar-refractivity contribution in [2.75, 3.05) is 14.1 Å². The van der Waals surface area contributed by atoms with E-state index >= 15 is 0 Å². The molecule has 1 atom stereocenters. The summed E-state index contributed by atoms with van der Waals surface area (Å²) in [4.78, 5) is 18.5. The van der Waals surface area contributed by atoms with Crippen LogP contribution in [0.4, 0.5) is 0 Å². The standard InChI is InChI=1S/C18H18N4OS/c1-21(2)17(23)16(14-9-5-3-6-10-14)24-18-19-13-22(20-18)15-11-7-4-8-12-15/h3-13,16H,1-2H3. The van der Waals surface area contributed by atoms with Gasteiger partial charge < -0.3 is 4.90 Å². The highest BCUT2D eigenvalue weighted by molar-refractivity contribution is 8.00. The van der Waals surface area contributed by atoms with Gasteiger partial charge in [-0.25, -0.2) is 9.67 Å². The summed E-state index contributed by atoms with van der Waals surface area (Å²) in [6, 6.07) is 19.5. The molecule has 0 radical (unpaired) electrons. The van der Waals surface area contributed by atoms with Gasteiger partial charge in [0.15, 0.2) is 0 Å². The Morgan fingerprint density at radius 2 is 1.67 bits per heavy atom. The fourth-order valence-corrected chi connectivity index (χ4v) is 3.29. The lowest BCUT2D eigenvalue weighted by atomic mass is 10.1. The molecule has 3 aromatic rings. The van der Waals surface area contributed by atoms with Crippen molar-refractivity contribution in [2.45, 2.75) is 10.4 Å². The smallest absolute Gasteiger partial charge is 0.240 e. The number of rotatable bonds is 5. The number of likely N-dealkylation sites (N-methyl/N-ethyl adjacent to an activating group) is 1. The zero-order valence-corrected chi connectivity index (χ0v) is 14.4. The van der Waals surface area contributed by atoms with Crippen molar-refractivity contribution in [3.05, 3.63) is 72.6 Å². The van der Waals surface area contributed by atoms with Gasteiger partial charge in [0.05, 0.1) is 5.69 Å². The van der Waals surface area contributed by atoms with Crippen LogP contribution >= 0.6 is 11.8 Å². The lowest BCUT2D eigenvalue weighted by molar-refractivity contribution is -0.128. The SMILES string of the molecule is CN(C)C(=O)C(Sc1ncn(-c2ccccc2)n1)c1ccccc1. The van der Waals surface area contributed by atoms with Crippen molar-refractivity contribution in [1.82, 2.24) is 19.7 Å². The van der Waals surface area contributed by atoms with Crippen LogP contribution in [0, 0.1) is 0 Å². The van der Waals surface area contributed by atoms with Crippen molar-refractivity contribution >= 4 is 17.7 Å². The number of nitrogens with zero attached hydrogens (tertiary/aromatic N) is 4. The molecule has 0 aliphatic rings. The Hall–Kier alpha value is -2.60.